The molecule has 1 unspecified atom stereocenters. The molecule has 32 heavy (non-hydrogen) atoms. The molecule has 0 aliphatic carbocycles. The Bertz CT molecular complexity index is 1260. The third-order valence-corrected chi connectivity index (χ3v) is 5.49. The summed E-state index contributed by atoms with van der Waals surface area (Å²) in [5, 5.41) is 9.05. The van der Waals surface area contributed by atoms with Crippen molar-refractivity contribution in [2.45, 2.75) is 26.3 Å². The first kappa shape index (κ1) is 22.9. The van der Waals surface area contributed by atoms with E-state index in [2.05, 4.69) is 6.07 Å². The van der Waals surface area contributed by atoms with Crippen molar-refractivity contribution in [2.24, 2.45) is 0 Å². The summed E-state index contributed by atoms with van der Waals surface area (Å²) in [5.74, 6) is -0.470. The standard InChI is InChI=1S/C25H23F2N3O2/c1-15(18-10-8-17(13-28)9-11-18)30-14-21(25(32)29(3)4)23(31)22(16(30)2)19-6-5-7-20(12-19)24(26)27/h5-12,14-15,24H,1-4H3. The van der Waals surface area contributed by atoms with Crippen LogP contribution in [0.3, 0.4) is 0 Å². The van der Waals surface area contributed by atoms with Gasteiger partial charge in [-0.05, 0) is 43.2 Å². The van der Waals surface area contributed by atoms with Gasteiger partial charge < -0.3 is 9.47 Å². The second kappa shape index (κ2) is 9.15. The van der Waals surface area contributed by atoms with Gasteiger partial charge in [0, 0.05) is 37.1 Å². The third kappa shape index (κ3) is 4.30. The molecule has 3 rings (SSSR count). The molecule has 2 aromatic carbocycles. The van der Waals surface area contributed by atoms with Gasteiger partial charge in [-0.25, -0.2) is 8.78 Å². The molecule has 3 aromatic rings. The molecule has 0 saturated carbocycles. The number of carbonyl (C=O) groups excluding carboxylic acids is 1. The molecule has 0 aliphatic rings. The van der Waals surface area contributed by atoms with Crippen molar-refractivity contribution in [1.29, 1.82) is 5.26 Å². The number of carbonyl (C=O) groups is 1. The lowest BCUT2D eigenvalue weighted by molar-refractivity contribution is 0.0825. The summed E-state index contributed by atoms with van der Waals surface area (Å²) in [5.41, 5.74) is 1.73. The van der Waals surface area contributed by atoms with Crippen LogP contribution in [-0.2, 0) is 0 Å². The zero-order valence-corrected chi connectivity index (χ0v) is 18.3. The number of aromatic nitrogens is 1. The Labute approximate surface area is 185 Å². The van der Waals surface area contributed by atoms with Gasteiger partial charge in [-0.1, -0.05) is 30.3 Å². The first-order valence-corrected chi connectivity index (χ1v) is 10.0. The van der Waals surface area contributed by atoms with Gasteiger partial charge in [0.15, 0.2) is 0 Å². The maximum Gasteiger partial charge on any atom is 0.263 e. The zero-order valence-electron chi connectivity index (χ0n) is 18.3. The fourth-order valence-corrected chi connectivity index (χ4v) is 3.68. The number of rotatable bonds is 5. The number of halogens is 2. The number of nitriles is 1. The minimum absolute atomic E-state index is 0.0430. The van der Waals surface area contributed by atoms with Crippen molar-refractivity contribution in [3.63, 3.8) is 0 Å². The monoisotopic (exact) mass is 435 g/mol. The van der Waals surface area contributed by atoms with Crippen LogP contribution < -0.4 is 5.43 Å². The molecule has 0 N–H and O–H groups in total. The van der Waals surface area contributed by atoms with E-state index in [0.29, 0.717) is 16.8 Å². The maximum atomic E-state index is 13.3. The summed E-state index contributed by atoms with van der Waals surface area (Å²) in [6.45, 7) is 3.64. The van der Waals surface area contributed by atoms with Crippen molar-refractivity contribution in [3.05, 3.63) is 92.9 Å². The van der Waals surface area contributed by atoms with Crippen molar-refractivity contribution >= 4 is 5.91 Å². The molecule has 5 nitrogen and oxygen atoms in total. The molecule has 1 aromatic heterocycles. The lowest BCUT2D eigenvalue weighted by Crippen LogP contribution is -2.31. The lowest BCUT2D eigenvalue weighted by Gasteiger charge is -2.24. The van der Waals surface area contributed by atoms with Crippen LogP contribution in [0.25, 0.3) is 11.1 Å². The third-order valence-electron chi connectivity index (χ3n) is 5.49. The van der Waals surface area contributed by atoms with Crippen LogP contribution in [0, 0.1) is 18.3 Å². The number of hydrogen-bond donors (Lipinski definition) is 0. The van der Waals surface area contributed by atoms with E-state index in [-0.39, 0.29) is 22.7 Å². The van der Waals surface area contributed by atoms with Crippen LogP contribution in [0.4, 0.5) is 8.78 Å². The van der Waals surface area contributed by atoms with Gasteiger partial charge in [-0.2, -0.15) is 5.26 Å². The molecular weight excluding hydrogens is 412 g/mol. The molecule has 7 heteroatoms. The molecule has 164 valence electrons. The van der Waals surface area contributed by atoms with Gasteiger partial charge in [0.2, 0.25) is 5.43 Å². The summed E-state index contributed by atoms with van der Waals surface area (Å²) in [7, 11) is 3.10. The van der Waals surface area contributed by atoms with E-state index >= 15 is 0 Å². The molecule has 0 radical (unpaired) electrons. The van der Waals surface area contributed by atoms with E-state index in [1.807, 2.05) is 19.1 Å². The summed E-state index contributed by atoms with van der Waals surface area (Å²) in [6, 6.07) is 14.5. The second-order valence-electron chi connectivity index (χ2n) is 7.78. The SMILES string of the molecule is Cc1c(-c2cccc(C(F)F)c2)c(=O)c(C(=O)N(C)C)cn1C(C)c1ccc(C#N)cc1. The fraction of sp³-hybridized carbons (Fsp3) is 0.240. The molecule has 0 fully saturated rings. The number of nitrogens with zero attached hydrogens (tertiary/aromatic N) is 3. The highest BCUT2D eigenvalue weighted by atomic mass is 19.3. The normalized spacial score (nSPS) is 11.8. The first-order chi connectivity index (χ1) is 15.1. The Kier molecular flexibility index (Phi) is 6.54. The highest BCUT2D eigenvalue weighted by Crippen LogP contribution is 2.29. The smallest absolute Gasteiger partial charge is 0.263 e. The van der Waals surface area contributed by atoms with E-state index < -0.39 is 17.8 Å². The number of benzene rings is 2. The van der Waals surface area contributed by atoms with Crippen LogP contribution in [0.15, 0.2) is 59.5 Å². The van der Waals surface area contributed by atoms with Gasteiger partial charge >= 0.3 is 0 Å². The van der Waals surface area contributed by atoms with Crippen molar-refractivity contribution in [3.8, 4) is 17.2 Å². The Balaban J connectivity index is 2.28. The zero-order chi connectivity index (χ0) is 23.6. The Morgan fingerprint density at radius 2 is 1.75 bits per heavy atom. The highest BCUT2D eigenvalue weighted by molar-refractivity contribution is 5.95. The van der Waals surface area contributed by atoms with Gasteiger partial charge in [-0.3, -0.25) is 9.59 Å². The molecule has 0 spiro atoms. The van der Waals surface area contributed by atoms with E-state index in [4.69, 9.17) is 5.26 Å². The van der Waals surface area contributed by atoms with Gasteiger partial charge in [-0.15, -0.1) is 0 Å². The topological polar surface area (TPSA) is 66.1 Å². The average Bonchev–Trinajstić information content (AvgIpc) is 2.78. The number of amides is 1. The fourth-order valence-electron chi connectivity index (χ4n) is 3.68. The molecular formula is C25H23F2N3O2. The van der Waals surface area contributed by atoms with Crippen LogP contribution in [0.1, 0.15) is 52.1 Å². The highest BCUT2D eigenvalue weighted by Gasteiger charge is 2.23. The van der Waals surface area contributed by atoms with Crippen LogP contribution in [-0.4, -0.2) is 29.5 Å². The van der Waals surface area contributed by atoms with Crippen molar-refractivity contribution < 1.29 is 13.6 Å². The summed E-state index contributed by atoms with van der Waals surface area (Å²) in [6.07, 6.45) is -1.16. The predicted molar refractivity (Wildman–Crippen MR) is 119 cm³/mol. The molecule has 1 atom stereocenters. The van der Waals surface area contributed by atoms with E-state index in [0.717, 1.165) is 5.56 Å². The van der Waals surface area contributed by atoms with Gasteiger partial charge in [0.1, 0.15) is 5.56 Å². The molecule has 0 aliphatic heterocycles. The molecule has 0 bridgehead atoms. The quantitative estimate of drug-likeness (QED) is 0.570. The molecule has 1 amide bonds. The van der Waals surface area contributed by atoms with Gasteiger partial charge in [0.25, 0.3) is 12.3 Å². The summed E-state index contributed by atoms with van der Waals surface area (Å²) in [4.78, 5) is 27.4. The summed E-state index contributed by atoms with van der Waals surface area (Å²) >= 11 is 0. The van der Waals surface area contributed by atoms with Crippen molar-refractivity contribution in [1.82, 2.24) is 9.47 Å². The van der Waals surface area contributed by atoms with Gasteiger partial charge in [0.05, 0.1) is 17.7 Å². The number of pyridine rings is 1. The predicted octanol–water partition coefficient (Wildman–Crippen LogP) is 4.94. The minimum atomic E-state index is -2.68. The Morgan fingerprint density at radius 1 is 1.09 bits per heavy atom. The first-order valence-electron chi connectivity index (χ1n) is 10.0. The largest absolute Gasteiger partial charge is 0.345 e. The van der Waals surface area contributed by atoms with E-state index in [1.165, 1.54) is 29.3 Å². The average molecular weight is 435 g/mol. The lowest BCUT2D eigenvalue weighted by atomic mass is 9.97. The van der Waals surface area contributed by atoms with Crippen molar-refractivity contribution in [2.75, 3.05) is 14.1 Å². The van der Waals surface area contributed by atoms with E-state index in [1.54, 1.807) is 43.8 Å². The Morgan fingerprint density at radius 3 is 2.31 bits per heavy atom. The van der Waals surface area contributed by atoms with Crippen LogP contribution in [0.2, 0.25) is 0 Å². The summed E-state index contributed by atoms with van der Waals surface area (Å²) < 4.78 is 28.4. The number of alkyl halides is 2. The molecule has 1 heterocycles. The van der Waals surface area contributed by atoms with E-state index in [9.17, 15) is 18.4 Å². The van der Waals surface area contributed by atoms with Crippen LogP contribution >= 0.6 is 0 Å². The molecule has 0 saturated heterocycles. The maximum absolute atomic E-state index is 13.3. The second-order valence-corrected chi connectivity index (χ2v) is 7.78. The van der Waals surface area contributed by atoms with Crippen LogP contribution in [0.5, 0.6) is 0 Å². The number of hydrogen-bond acceptors (Lipinski definition) is 3. The minimum Gasteiger partial charge on any atom is -0.345 e. The Hall–Kier alpha value is -3.79.